The molecule has 0 spiro atoms. The normalized spacial score (nSPS) is 19.1. The fourth-order valence-corrected chi connectivity index (χ4v) is 3.14. The summed E-state index contributed by atoms with van der Waals surface area (Å²) in [6.45, 7) is 10.1. The minimum Gasteiger partial charge on any atom is -0.443 e. The number of anilines is 1. The van der Waals surface area contributed by atoms with Crippen LogP contribution >= 0.6 is 0 Å². The van der Waals surface area contributed by atoms with Crippen LogP contribution < -0.4 is 4.90 Å². The van der Waals surface area contributed by atoms with Gasteiger partial charge in [0.05, 0.1) is 0 Å². The Kier molecular flexibility index (Phi) is 6.21. The van der Waals surface area contributed by atoms with Gasteiger partial charge in [0.15, 0.2) is 0 Å². The van der Waals surface area contributed by atoms with Crippen molar-refractivity contribution in [2.45, 2.75) is 65.0 Å². The molecule has 1 fully saturated rings. The highest BCUT2D eigenvalue weighted by Crippen LogP contribution is 2.31. The summed E-state index contributed by atoms with van der Waals surface area (Å²) in [5.41, 5.74) is 0.734. The highest BCUT2D eigenvalue weighted by Gasteiger charge is 2.25. The molecule has 0 bridgehead atoms. The summed E-state index contributed by atoms with van der Waals surface area (Å²) >= 11 is 0. The monoisotopic (exact) mass is 333 g/mol. The van der Waals surface area contributed by atoms with E-state index in [1.807, 2.05) is 33.0 Å². The Labute approximate surface area is 146 Å². The van der Waals surface area contributed by atoms with E-state index in [1.54, 1.807) is 7.05 Å². The van der Waals surface area contributed by atoms with Gasteiger partial charge in [-0.15, -0.1) is 0 Å². The van der Waals surface area contributed by atoms with Crippen molar-refractivity contribution >= 4 is 11.9 Å². The maximum absolute atomic E-state index is 12.1. The second-order valence-corrected chi connectivity index (χ2v) is 7.54. The maximum atomic E-state index is 12.1. The van der Waals surface area contributed by atoms with Crippen LogP contribution in [0.15, 0.2) is 18.3 Å². The van der Waals surface area contributed by atoms with Crippen LogP contribution in [-0.2, 0) is 4.74 Å². The number of pyridine rings is 1. The van der Waals surface area contributed by atoms with Gasteiger partial charge in [-0.1, -0.05) is 19.4 Å². The number of nitrogens with zero attached hydrogens (tertiary/aromatic N) is 3. The van der Waals surface area contributed by atoms with E-state index in [0.717, 1.165) is 13.1 Å². The molecule has 1 aliphatic heterocycles. The van der Waals surface area contributed by atoms with Gasteiger partial charge < -0.3 is 4.74 Å². The first-order valence-electron chi connectivity index (χ1n) is 8.98. The van der Waals surface area contributed by atoms with Crippen molar-refractivity contribution in [3.8, 4) is 0 Å². The maximum Gasteiger partial charge on any atom is 0.415 e. The van der Waals surface area contributed by atoms with Gasteiger partial charge in [0.1, 0.15) is 11.4 Å². The molecule has 2 rings (SSSR count). The minimum absolute atomic E-state index is 0.381. The van der Waals surface area contributed by atoms with Crippen LogP contribution in [0.2, 0.25) is 0 Å². The summed E-state index contributed by atoms with van der Waals surface area (Å²) in [6, 6.07) is 4.46. The van der Waals surface area contributed by atoms with Crippen molar-refractivity contribution in [3.05, 3.63) is 23.9 Å². The Hall–Kier alpha value is -1.62. The SMILES string of the molecule is CCCN1CCCC[C@H]1c1ccc(N(C)C(=O)OC(C)(C)C)nc1. The van der Waals surface area contributed by atoms with Gasteiger partial charge in [-0.3, -0.25) is 9.80 Å². The lowest BCUT2D eigenvalue weighted by Gasteiger charge is -2.35. The molecule has 1 saturated heterocycles. The summed E-state index contributed by atoms with van der Waals surface area (Å²) in [5.74, 6) is 0.617. The van der Waals surface area contributed by atoms with E-state index < -0.39 is 5.60 Å². The van der Waals surface area contributed by atoms with E-state index in [9.17, 15) is 4.79 Å². The van der Waals surface area contributed by atoms with Crippen molar-refractivity contribution in [1.82, 2.24) is 9.88 Å². The number of rotatable bonds is 4. The molecule has 1 aromatic rings. The van der Waals surface area contributed by atoms with E-state index in [0.29, 0.717) is 11.9 Å². The van der Waals surface area contributed by atoms with E-state index in [-0.39, 0.29) is 6.09 Å². The summed E-state index contributed by atoms with van der Waals surface area (Å²) in [5, 5.41) is 0. The summed E-state index contributed by atoms with van der Waals surface area (Å²) in [4.78, 5) is 20.6. The first-order chi connectivity index (χ1) is 11.3. The first-order valence-corrected chi connectivity index (χ1v) is 8.98. The fraction of sp³-hybridized carbons (Fsp3) is 0.684. The smallest absolute Gasteiger partial charge is 0.415 e. The third-order valence-electron chi connectivity index (χ3n) is 4.29. The molecular formula is C19H31N3O2. The lowest BCUT2D eigenvalue weighted by atomic mass is 9.96. The Morgan fingerprint density at radius 3 is 2.71 bits per heavy atom. The molecule has 0 N–H and O–H groups in total. The number of ether oxygens (including phenoxy) is 1. The Balaban J connectivity index is 2.07. The summed E-state index contributed by atoms with van der Waals surface area (Å²) in [6.07, 6.45) is 6.43. The molecule has 0 unspecified atom stereocenters. The molecule has 1 aliphatic rings. The summed E-state index contributed by atoms with van der Waals surface area (Å²) in [7, 11) is 1.69. The number of aromatic nitrogens is 1. The third kappa shape index (κ3) is 4.94. The van der Waals surface area contributed by atoms with Gasteiger partial charge in [0.25, 0.3) is 0 Å². The molecule has 1 atom stereocenters. The van der Waals surface area contributed by atoms with Gasteiger partial charge in [-0.2, -0.15) is 0 Å². The van der Waals surface area contributed by atoms with Crippen LogP contribution in [0.3, 0.4) is 0 Å². The van der Waals surface area contributed by atoms with E-state index >= 15 is 0 Å². The van der Waals surface area contributed by atoms with Gasteiger partial charge in [-0.25, -0.2) is 9.78 Å². The molecule has 5 heteroatoms. The Bertz CT molecular complexity index is 535. The average Bonchev–Trinajstić information content (AvgIpc) is 2.54. The van der Waals surface area contributed by atoms with E-state index in [1.165, 1.54) is 36.1 Å². The number of carbonyl (C=O) groups is 1. The fourth-order valence-electron chi connectivity index (χ4n) is 3.14. The number of amides is 1. The highest BCUT2D eigenvalue weighted by atomic mass is 16.6. The van der Waals surface area contributed by atoms with Crippen LogP contribution in [0.4, 0.5) is 10.6 Å². The predicted molar refractivity (Wildman–Crippen MR) is 97.3 cm³/mol. The van der Waals surface area contributed by atoms with Crippen LogP contribution in [0.1, 0.15) is 65.0 Å². The zero-order chi connectivity index (χ0) is 17.7. The topological polar surface area (TPSA) is 45.7 Å². The number of carbonyl (C=O) groups excluding carboxylic acids is 1. The van der Waals surface area contributed by atoms with Crippen molar-refractivity contribution in [2.75, 3.05) is 25.0 Å². The largest absolute Gasteiger partial charge is 0.443 e. The van der Waals surface area contributed by atoms with Crippen molar-refractivity contribution in [1.29, 1.82) is 0 Å². The first kappa shape index (κ1) is 18.7. The molecule has 5 nitrogen and oxygen atoms in total. The van der Waals surface area contributed by atoms with Crippen LogP contribution in [0.25, 0.3) is 0 Å². The Morgan fingerprint density at radius 1 is 1.38 bits per heavy atom. The molecule has 1 amide bonds. The zero-order valence-corrected chi connectivity index (χ0v) is 15.7. The zero-order valence-electron chi connectivity index (χ0n) is 15.7. The molecule has 1 aromatic heterocycles. The molecule has 0 radical (unpaired) electrons. The van der Waals surface area contributed by atoms with Gasteiger partial charge in [-0.05, 0) is 64.8 Å². The third-order valence-corrected chi connectivity index (χ3v) is 4.29. The molecule has 0 aliphatic carbocycles. The predicted octanol–water partition coefficient (Wildman–Crippen LogP) is 4.39. The van der Waals surface area contributed by atoms with Crippen molar-refractivity contribution < 1.29 is 9.53 Å². The summed E-state index contributed by atoms with van der Waals surface area (Å²) < 4.78 is 5.39. The minimum atomic E-state index is -0.506. The lowest BCUT2D eigenvalue weighted by molar-refractivity contribution is 0.0588. The van der Waals surface area contributed by atoms with Gasteiger partial charge in [0, 0.05) is 19.3 Å². The highest BCUT2D eigenvalue weighted by molar-refractivity contribution is 5.85. The molecule has 2 heterocycles. The number of likely N-dealkylation sites (tertiary alicyclic amines) is 1. The van der Waals surface area contributed by atoms with E-state index in [2.05, 4.69) is 22.9 Å². The molecule has 24 heavy (non-hydrogen) atoms. The quantitative estimate of drug-likeness (QED) is 0.820. The molecular weight excluding hydrogens is 302 g/mol. The average molecular weight is 333 g/mol. The molecule has 0 aromatic carbocycles. The van der Waals surface area contributed by atoms with E-state index in [4.69, 9.17) is 4.74 Å². The van der Waals surface area contributed by atoms with Crippen molar-refractivity contribution in [2.24, 2.45) is 0 Å². The van der Waals surface area contributed by atoms with Gasteiger partial charge >= 0.3 is 6.09 Å². The standard InChI is InChI=1S/C19H31N3O2/c1-6-12-22-13-8-7-9-16(22)15-10-11-17(20-14-15)21(5)18(23)24-19(2,3)4/h10-11,14,16H,6-9,12-13H2,1-5H3/t16-/m0/s1. The number of hydrogen-bond donors (Lipinski definition) is 0. The molecule has 0 saturated carbocycles. The van der Waals surface area contributed by atoms with Crippen LogP contribution in [0, 0.1) is 0 Å². The number of piperidine rings is 1. The molecule has 134 valence electrons. The van der Waals surface area contributed by atoms with Gasteiger partial charge in [0.2, 0.25) is 0 Å². The van der Waals surface area contributed by atoms with Crippen molar-refractivity contribution in [3.63, 3.8) is 0 Å². The lowest BCUT2D eigenvalue weighted by Crippen LogP contribution is -2.35. The Morgan fingerprint density at radius 2 is 2.12 bits per heavy atom. The number of hydrogen-bond acceptors (Lipinski definition) is 4. The second kappa shape index (κ2) is 7.97. The van der Waals surface area contributed by atoms with Crippen LogP contribution in [-0.4, -0.2) is 41.7 Å². The second-order valence-electron chi connectivity index (χ2n) is 7.54. The van der Waals surface area contributed by atoms with Crippen LogP contribution in [0.5, 0.6) is 0 Å².